The third kappa shape index (κ3) is 5.45. The van der Waals surface area contributed by atoms with Gasteiger partial charge in [0.15, 0.2) is 11.5 Å². The first kappa shape index (κ1) is 26.3. The molecule has 10 nitrogen and oxygen atoms in total. The second kappa shape index (κ2) is 10.8. The van der Waals surface area contributed by atoms with E-state index in [1.807, 2.05) is 0 Å². The number of para-hydroxylation sites is 1. The zero-order valence-corrected chi connectivity index (χ0v) is 22.1. The summed E-state index contributed by atoms with van der Waals surface area (Å²) in [6.45, 7) is 2.65. The molecule has 0 unspecified atom stereocenters. The number of rotatable bonds is 7. The molecule has 3 N–H and O–H groups in total. The minimum absolute atomic E-state index is 0.0424. The lowest BCUT2D eigenvalue weighted by Crippen LogP contribution is -2.48. The fourth-order valence-electron chi connectivity index (χ4n) is 4.65. The highest BCUT2D eigenvalue weighted by atomic mass is 32.2. The number of phenols is 2. The Morgan fingerprint density at radius 2 is 1.69 bits per heavy atom. The van der Waals surface area contributed by atoms with Crippen LogP contribution in [0.3, 0.4) is 0 Å². The van der Waals surface area contributed by atoms with E-state index in [2.05, 4.69) is 14.6 Å². The minimum atomic E-state index is -3.89. The molecule has 5 rings (SSSR count). The van der Waals surface area contributed by atoms with Gasteiger partial charge in [0.1, 0.15) is 4.90 Å². The molecule has 0 aliphatic carbocycles. The summed E-state index contributed by atoms with van der Waals surface area (Å²) in [5.41, 5.74) is 1.81. The average molecular weight is 549 g/mol. The first-order valence-corrected chi connectivity index (χ1v) is 13.8. The molecule has 202 valence electrons. The molecule has 39 heavy (non-hydrogen) atoms. The number of nitrogens with one attached hydrogen (secondary N) is 1. The molecule has 0 saturated carbocycles. The number of nitrogens with zero attached hydrogens (tertiary/aromatic N) is 3. The summed E-state index contributed by atoms with van der Waals surface area (Å²) in [4.78, 5) is 21.2. The first-order chi connectivity index (χ1) is 18.8. The molecule has 0 bridgehead atoms. The monoisotopic (exact) mass is 548 g/mol. The Bertz CT molecular complexity index is 1610. The molecule has 0 atom stereocenters. The number of pyridine rings is 1. The molecule has 1 aliphatic heterocycles. The third-order valence-electron chi connectivity index (χ3n) is 6.72. The van der Waals surface area contributed by atoms with Gasteiger partial charge in [-0.1, -0.05) is 24.3 Å². The lowest BCUT2D eigenvalue weighted by Gasteiger charge is -2.35. The van der Waals surface area contributed by atoms with E-state index < -0.39 is 10.0 Å². The molecule has 3 aromatic carbocycles. The number of phenolic OH excluding ortho intramolecular Hbond substituents is 2. The zero-order chi connectivity index (χ0) is 27.6. The number of hydrogen-bond acceptors (Lipinski definition) is 8. The number of sulfonamides is 1. The van der Waals surface area contributed by atoms with Crippen molar-refractivity contribution in [1.29, 1.82) is 0 Å². The predicted octanol–water partition coefficient (Wildman–Crippen LogP) is 3.41. The van der Waals surface area contributed by atoms with Crippen LogP contribution in [0.2, 0.25) is 0 Å². The number of fused-ring (bicyclic) bond motifs is 1. The maximum atomic E-state index is 13.1. The molecule has 1 fully saturated rings. The van der Waals surface area contributed by atoms with Gasteiger partial charge in [0.05, 0.1) is 12.6 Å². The number of aromatic nitrogens is 1. The number of anilines is 1. The van der Waals surface area contributed by atoms with E-state index in [0.717, 1.165) is 5.39 Å². The fraction of sp³-hybridized carbons (Fsp3) is 0.214. The maximum absolute atomic E-state index is 13.1. The first-order valence-electron chi connectivity index (χ1n) is 12.3. The largest absolute Gasteiger partial charge is 0.504 e. The lowest BCUT2D eigenvalue weighted by molar-refractivity contribution is 0.0627. The van der Waals surface area contributed by atoms with Gasteiger partial charge in [0, 0.05) is 61.1 Å². The Hall–Kier alpha value is -4.35. The van der Waals surface area contributed by atoms with Gasteiger partial charge in [0.25, 0.3) is 15.9 Å². The highest BCUT2D eigenvalue weighted by molar-refractivity contribution is 7.93. The topological polar surface area (TPSA) is 132 Å². The molecule has 1 saturated heterocycles. The van der Waals surface area contributed by atoms with E-state index in [1.54, 1.807) is 65.7 Å². The number of benzene rings is 3. The van der Waals surface area contributed by atoms with Gasteiger partial charge in [-0.2, -0.15) is 0 Å². The summed E-state index contributed by atoms with van der Waals surface area (Å²) in [6, 6.07) is 18.0. The smallest absolute Gasteiger partial charge is 0.264 e. The molecule has 0 radical (unpaired) electrons. The summed E-state index contributed by atoms with van der Waals surface area (Å²) in [6.07, 6.45) is 1.55. The summed E-state index contributed by atoms with van der Waals surface area (Å²) >= 11 is 0. The second-order valence-corrected chi connectivity index (χ2v) is 10.9. The molecule has 11 heteroatoms. The SMILES string of the molecule is COc1c(O)ccc(CN2CCN(C(=O)c3ccc(NS(=O)(=O)c4cccc5cccnc45)cc3)CC2)c1O. The van der Waals surface area contributed by atoms with Gasteiger partial charge in [0.2, 0.25) is 5.75 Å². The van der Waals surface area contributed by atoms with Crippen molar-refractivity contribution in [2.24, 2.45) is 0 Å². The molecule has 2 heterocycles. The zero-order valence-electron chi connectivity index (χ0n) is 21.2. The van der Waals surface area contributed by atoms with Gasteiger partial charge < -0.3 is 19.8 Å². The van der Waals surface area contributed by atoms with Gasteiger partial charge >= 0.3 is 0 Å². The lowest BCUT2D eigenvalue weighted by atomic mass is 10.1. The van der Waals surface area contributed by atoms with Crippen LogP contribution in [0.1, 0.15) is 15.9 Å². The van der Waals surface area contributed by atoms with Crippen LogP contribution in [-0.2, 0) is 16.6 Å². The van der Waals surface area contributed by atoms with E-state index in [-0.39, 0.29) is 28.1 Å². The number of aromatic hydroxyl groups is 2. The predicted molar refractivity (Wildman–Crippen MR) is 146 cm³/mol. The summed E-state index contributed by atoms with van der Waals surface area (Å²) in [7, 11) is -2.51. The standard InChI is InChI=1S/C28H28N4O6S/c1-38-27-23(33)12-9-21(26(27)34)18-31-14-16-32(17-15-31)28(35)20-7-10-22(11-8-20)30-39(36,37)24-6-2-4-19-5-3-13-29-25(19)24/h2-13,30,33-34H,14-18H2,1H3. The quantitative estimate of drug-likeness (QED) is 0.320. The van der Waals surface area contributed by atoms with Crippen LogP contribution >= 0.6 is 0 Å². The van der Waals surface area contributed by atoms with Crippen molar-refractivity contribution < 1.29 is 28.2 Å². The molecule has 0 spiro atoms. The van der Waals surface area contributed by atoms with Gasteiger partial charge in [-0.3, -0.25) is 19.4 Å². The number of amides is 1. The average Bonchev–Trinajstić information content (AvgIpc) is 2.95. The summed E-state index contributed by atoms with van der Waals surface area (Å²) < 4.78 is 33.7. The Morgan fingerprint density at radius 3 is 2.41 bits per heavy atom. The Labute approximate surface area is 226 Å². The summed E-state index contributed by atoms with van der Waals surface area (Å²) in [5, 5.41) is 20.9. The van der Waals surface area contributed by atoms with Crippen LogP contribution in [0.15, 0.2) is 77.8 Å². The Balaban J connectivity index is 1.21. The third-order valence-corrected chi connectivity index (χ3v) is 8.13. The van der Waals surface area contributed by atoms with Crippen LogP contribution in [0.25, 0.3) is 10.9 Å². The second-order valence-electron chi connectivity index (χ2n) is 9.21. The van der Waals surface area contributed by atoms with Crippen LogP contribution in [0.5, 0.6) is 17.2 Å². The van der Waals surface area contributed by atoms with E-state index in [9.17, 15) is 23.4 Å². The van der Waals surface area contributed by atoms with Crippen molar-refractivity contribution in [2.75, 3.05) is 38.0 Å². The molecule has 1 aliphatic rings. The van der Waals surface area contributed by atoms with Crippen molar-refractivity contribution in [3.8, 4) is 17.2 Å². The number of methoxy groups -OCH3 is 1. The van der Waals surface area contributed by atoms with Crippen LogP contribution in [0, 0.1) is 0 Å². The van der Waals surface area contributed by atoms with Crippen molar-refractivity contribution in [1.82, 2.24) is 14.8 Å². The highest BCUT2D eigenvalue weighted by Crippen LogP contribution is 2.38. The molecular weight excluding hydrogens is 520 g/mol. The Kier molecular flexibility index (Phi) is 7.27. The normalized spacial score (nSPS) is 14.3. The van der Waals surface area contributed by atoms with Crippen LogP contribution < -0.4 is 9.46 Å². The molecular formula is C28H28N4O6S. The number of hydrogen-bond donors (Lipinski definition) is 3. The van der Waals surface area contributed by atoms with Crippen molar-refractivity contribution in [2.45, 2.75) is 11.4 Å². The van der Waals surface area contributed by atoms with Gasteiger partial charge in [-0.05, 0) is 42.5 Å². The maximum Gasteiger partial charge on any atom is 0.264 e. The number of piperazine rings is 1. The number of ether oxygens (including phenoxy) is 1. The Morgan fingerprint density at radius 1 is 0.974 bits per heavy atom. The molecule has 1 amide bonds. The molecule has 1 aromatic heterocycles. The van der Waals surface area contributed by atoms with E-state index in [4.69, 9.17) is 4.74 Å². The fourth-order valence-corrected chi connectivity index (χ4v) is 5.89. The minimum Gasteiger partial charge on any atom is -0.504 e. The van der Waals surface area contributed by atoms with Gasteiger partial charge in [-0.15, -0.1) is 0 Å². The number of carbonyl (C=O) groups is 1. The van der Waals surface area contributed by atoms with Crippen molar-refractivity contribution in [3.05, 3.63) is 84.1 Å². The van der Waals surface area contributed by atoms with E-state index in [1.165, 1.54) is 19.2 Å². The van der Waals surface area contributed by atoms with Crippen molar-refractivity contribution >= 4 is 32.5 Å². The van der Waals surface area contributed by atoms with Crippen molar-refractivity contribution in [3.63, 3.8) is 0 Å². The summed E-state index contributed by atoms with van der Waals surface area (Å²) in [5.74, 6) is -0.320. The number of carbonyl (C=O) groups excluding carboxylic acids is 1. The van der Waals surface area contributed by atoms with Crippen LogP contribution in [0.4, 0.5) is 5.69 Å². The van der Waals surface area contributed by atoms with Crippen LogP contribution in [-0.4, -0.2) is 72.6 Å². The van der Waals surface area contributed by atoms with Gasteiger partial charge in [-0.25, -0.2) is 8.42 Å². The van der Waals surface area contributed by atoms with E-state index >= 15 is 0 Å². The van der Waals surface area contributed by atoms with E-state index in [0.29, 0.717) is 55.1 Å². The highest BCUT2D eigenvalue weighted by Gasteiger charge is 2.24. The molecule has 4 aromatic rings.